The van der Waals surface area contributed by atoms with Crippen LogP contribution >= 0.6 is 0 Å². The number of aromatic hydroxyl groups is 2. The van der Waals surface area contributed by atoms with E-state index in [1.54, 1.807) is 6.07 Å². The molecule has 0 amide bonds. The molecule has 3 aliphatic carbocycles. The van der Waals surface area contributed by atoms with Crippen molar-refractivity contribution < 1.29 is 15.3 Å². The lowest BCUT2D eigenvalue weighted by atomic mass is 9.55. The lowest BCUT2D eigenvalue weighted by Crippen LogP contribution is -2.43. The molecule has 0 heterocycles. The summed E-state index contributed by atoms with van der Waals surface area (Å²) < 4.78 is 0. The molecule has 0 aliphatic heterocycles. The van der Waals surface area contributed by atoms with E-state index in [-0.39, 0.29) is 23.0 Å². The van der Waals surface area contributed by atoms with E-state index in [0.717, 1.165) is 44.1 Å². The van der Waals surface area contributed by atoms with E-state index in [4.69, 9.17) is 0 Å². The van der Waals surface area contributed by atoms with Crippen molar-refractivity contribution in [2.24, 2.45) is 17.3 Å². The molecule has 3 nitrogen and oxygen atoms in total. The number of hydrogen-bond donors (Lipinski definition) is 3. The van der Waals surface area contributed by atoms with Crippen molar-refractivity contribution in [1.82, 2.24) is 0 Å². The summed E-state index contributed by atoms with van der Waals surface area (Å²) in [6.07, 6.45) is 6.02. The van der Waals surface area contributed by atoms with E-state index in [9.17, 15) is 15.3 Å². The van der Waals surface area contributed by atoms with Crippen LogP contribution in [0.15, 0.2) is 12.1 Å². The Balaban J connectivity index is 1.74. The predicted molar refractivity (Wildman–Crippen MR) is 80.4 cm³/mol. The zero-order chi connectivity index (χ0) is 14.8. The van der Waals surface area contributed by atoms with Gasteiger partial charge in [-0.25, -0.2) is 0 Å². The van der Waals surface area contributed by atoms with Gasteiger partial charge in [-0.15, -0.1) is 0 Å². The van der Waals surface area contributed by atoms with Gasteiger partial charge in [0, 0.05) is 5.56 Å². The first-order chi connectivity index (χ1) is 10.0. The van der Waals surface area contributed by atoms with Crippen LogP contribution in [-0.4, -0.2) is 21.4 Å². The standard InChI is InChI=1S/C18H24O3/c1-18-9-8-11-10-4-6-15(19)17(21)13(10)3-2-12(11)14(18)5-7-16(18)20/h4,6,11-12,14,16,19-21H,2-3,5,7-9H2,1H3/t11-,12-,14+,16+,18+/m0/s1. The molecule has 0 bridgehead atoms. The van der Waals surface area contributed by atoms with Gasteiger partial charge in [-0.05, 0) is 73.3 Å². The van der Waals surface area contributed by atoms with E-state index in [0.29, 0.717) is 17.8 Å². The Kier molecular flexibility index (Phi) is 2.81. The highest BCUT2D eigenvalue weighted by atomic mass is 16.3. The van der Waals surface area contributed by atoms with Crippen LogP contribution in [0.5, 0.6) is 11.5 Å². The Labute approximate surface area is 125 Å². The van der Waals surface area contributed by atoms with Crippen molar-refractivity contribution in [3.05, 3.63) is 23.3 Å². The van der Waals surface area contributed by atoms with Gasteiger partial charge in [0.2, 0.25) is 0 Å². The number of aliphatic hydroxyl groups is 1. The third-order valence-corrected chi connectivity index (χ3v) is 6.81. The maximum Gasteiger partial charge on any atom is 0.160 e. The minimum Gasteiger partial charge on any atom is -0.504 e. The summed E-state index contributed by atoms with van der Waals surface area (Å²) in [6.45, 7) is 2.27. The highest BCUT2D eigenvalue weighted by Gasteiger charge is 2.54. The van der Waals surface area contributed by atoms with Crippen LogP contribution in [0, 0.1) is 17.3 Å². The summed E-state index contributed by atoms with van der Waals surface area (Å²) >= 11 is 0. The molecule has 21 heavy (non-hydrogen) atoms. The summed E-state index contributed by atoms with van der Waals surface area (Å²) in [7, 11) is 0. The highest BCUT2D eigenvalue weighted by Crippen LogP contribution is 2.61. The van der Waals surface area contributed by atoms with Crippen LogP contribution in [0.1, 0.15) is 56.1 Å². The summed E-state index contributed by atoms with van der Waals surface area (Å²) in [5, 5.41) is 30.2. The van der Waals surface area contributed by atoms with Gasteiger partial charge in [0.1, 0.15) is 0 Å². The lowest BCUT2D eigenvalue weighted by Gasteiger charge is -2.50. The van der Waals surface area contributed by atoms with Crippen molar-refractivity contribution >= 4 is 0 Å². The average Bonchev–Trinajstić information content (AvgIpc) is 2.78. The van der Waals surface area contributed by atoms with Crippen LogP contribution < -0.4 is 0 Å². The zero-order valence-corrected chi connectivity index (χ0v) is 12.5. The summed E-state index contributed by atoms with van der Waals surface area (Å²) in [5.41, 5.74) is 2.29. The number of fused-ring (bicyclic) bond motifs is 5. The average molecular weight is 288 g/mol. The van der Waals surface area contributed by atoms with Gasteiger partial charge in [0.25, 0.3) is 0 Å². The maximum absolute atomic E-state index is 10.4. The number of phenols is 2. The van der Waals surface area contributed by atoms with Crippen LogP contribution in [-0.2, 0) is 6.42 Å². The van der Waals surface area contributed by atoms with Crippen LogP contribution in [0.2, 0.25) is 0 Å². The second-order valence-corrected chi connectivity index (χ2v) is 7.55. The van der Waals surface area contributed by atoms with Crippen molar-refractivity contribution in [1.29, 1.82) is 0 Å². The van der Waals surface area contributed by atoms with Gasteiger partial charge < -0.3 is 15.3 Å². The number of aliphatic hydroxyl groups excluding tert-OH is 1. The smallest absolute Gasteiger partial charge is 0.160 e. The van der Waals surface area contributed by atoms with Gasteiger partial charge in [-0.1, -0.05) is 13.0 Å². The lowest BCUT2D eigenvalue weighted by molar-refractivity contribution is -0.0227. The first-order valence-corrected chi connectivity index (χ1v) is 8.24. The fraction of sp³-hybridized carbons (Fsp3) is 0.667. The third kappa shape index (κ3) is 1.70. The Hall–Kier alpha value is -1.22. The molecule has 114 valence electrons. The molecule has 0 radical (unpaired) electrons. The number of benzene rings is 1. The van der Waals surface area contributed by atoms with E-state index >= 15 is 0 Å². The minimum absolute atomic E-state index is 0.00383. The fourth-order valence-electron chi connectivity index (χ4n) is 5.61. The Morgan fingerprint density at radius 3 is 2.71 bits per heavy atom. The Morgan fingerprint density at radius 2 is 1.90 bits per heavy atom. The monoisotopic (exact) mass is 288 g/mol. The summed E-state index contributed by atoms with van der Waals surface area (Å²) in [6, 6.07) is 3.64. The van der Waals surface area contributed by atoms with Gasteiger partial charge in [-0.2, -0.15) is 0 Å². The number of hydrogen-bond acceptors (Lipinski definition) is 3. The number of phenolic OH excluding ortho intramolecular Hbond substituents is 2. The Morgan fingerprint density at radius 1 is 1.10 bits per heavy atom. The normalized spacial score (nSPS) is 41.2. The molecule has 3 aliphatic rings. The van der Waals surface area contributed by atoms with Crippen molar-refractivity contribution in [2.45, 2.75) is 57.5 Å². The van der Waals surface area contributed by atoms with E-state index in [1.165, 1.54) is 5.56 Å². The van der Waals surface area contributed by atoms with Gasteiger partial charge in [0.05, 0.1) is 6.10 Å². The number of rotatable bonds is 0. The third-order valence-electron chi connectivity index (χ3n) is 6.81. The molecule has 2 saturated carbocycles. The second-order valence-electron chi connectivity index (χ2n) is 7.55. The first kappa shape index (κ1) is 13.4. The van der Waals surface area contributed by atoms with E-state index in [2.05, 4.69) is 6.92 Å². The molecule has 0 spiro atoms. The molecule has 3 heteroatoms. The van der Waals surface area contributed by atoms with Gasteiger partial charge in [0.15, 0.2) is 11.5 Å². The highest BCUT2D eigenvalue weighted by molar-refractivity contribution is 5.51. The topological polar surface area (TPSA) is 60.7 Å². The van der Waals surface area contributed by atoms with Crippen molar-refractivity contribution in [3.63, 3.8) is 0 Å². The Bertz CT molecular complexity index is 582. The summed E-state index contributed by atoms with van der Waals surface area (Å²) in [5.74, 6) is 1.81. The molecule has 3 N–H and O–H groups in total. The molecule has 1 aromatic rings. The second kappa shape index (κ2) is 4.39. The van der Waals surface area contributed by atoms with Crippen LogP contribution in [0.25, 0.3) is 0 Å². The largest absolute Gasteiger partial charge is 0.504 e. The first-order valence-electron chi connectivity index (χ1n) is 8.24. The molecule has 0 unspecified atom stereocenters. The van der Waals surface area contributed by atoms with E-state index < -0.39 is 0 Å². The fourth-order valence-corrected chi connectivity index (χ4v) is 5.61. The van der Waals surface area contributed by atoms with E-state index in [1.807, 2.05) is 6.07 Å². The molecular formula is C18H24O3. The molecule has 0 aromatic heterocycles. The summed E-state index contributed by atoms with van der Waals surface area (Å²) in [4.78, 5) is 0. The SMILES string of the molecule is C[C@@]12CC[C@H]3c4ccc(O)c(O)c4CC[C@@H]3[C@H]1CC[C@H]2O. The van der Waals surface area contributed by atoms with Crippen molar-refractivity contribution in [2.75, 3.05) is 0 Å². The molecule has 1 aromatic carbocycles. The van der Waals surface area contributed by atoms with Crippen LogP contribution in [0.4, 0.5) is 0 Å². The van der Waals surface area contributed by atoms with Gasteiger partial charge >= 0.3 is 0 Å². The zero-order valence-electron chi connectivity index (χ0n) is 12.5. The molecule has 4 rings (SSSR count). The van der Waals surface area contributed by atoms with Gasteiger partial charge in [-0.3, -0.25) is 0 Å². The molecule has 5 atom stereocenters. The maximum atomic E-state index is 10.4. The minimum atomic E-state index is -0.141. The quantitative estimate of drug-likeness (QED) is 0.642. The molecule has 2 fully saturated rings. The van der Waals surface area contributed by atoms with Crippen molar-refractivity contribution in [3.8, 4) is 11.5 Å². The predicted octanol–water partition coefficient (Wildman–Crippen LogP) is 3.31. The molecule has 0 saturated heterocycles. The van der Waals surface area contributed by atoms with Crippen LogP contribution in [0.3, 0.4) is 0 Å². The molecular weight excluding hydrogens is 264 g/mol.